The summed E-state index contributed by atoms with van der Waals surface area (Å²) in [5.74, 6) is 0.306. The van der Waals surface area contributed by atoms with Crippen molar-refractivity contribution in [2.75, 3.05) is 0 Å². The van der Waals surface area contributed by atoms with Crippen LogP contribution in [0.5, 0.6) is 0 Å². The van der Waals surface area contributed by atoms with E-state index in [1.165, 1.54) is 0 Å². The van der Waals surface area contributed by atoms with Crippen molar-refractivity contribution in [3.8, 4) is 0 Å². The second kappa shape index (κ2) is 4.12. The molecule has 0 saturated heterocycles. The van der Waals surface area contributed by atoms with E-state index in [1.54, 1.807) is 0 Å². The Kier molecular flexibility index (Phi) is 3.09. The van der Waals surface area contributed by atoms with Gasteiger partial charge in [-0.05, 0) is 19.3 Å². The van der Waals surface area contributed by atoms with E-state index < -0.39 is 0 Å². The summed E-state index contributed by atoms with van der Waals surface area (Å²) in [5, 5.41) is 0. The first-order valence-corrected chi connectivity index (χ1v) is 4.24. The lowest BCUT2D eigenvalue weighted by Gasteiger charge is -2.06. The molecule has 0 amide bonds. The summed E-state index contributed by atoms with van der Waals surface area (Å²) in [6.45, 7) is 2.07. The van der Waals surface area contributed by atoms with Crippen LogP contribution in [0.2, 0.25) is 0 Å². The van der Waals surface area contributed by atoms with Gasteiger partial charge < -0.3 is 0 Å². The molecular weight excluding hydrogens is 136 g/mol. The van der Waals surface area contributed by atoms with Gasteiger partial charge in [-0.1, -0.05) is 25.2 Å². The largest absolute Gasteiger partial charge is 0.294 e. The van der Waals surface area contributed by atoms with Crippen molar-refractivity contribution in [3.05, 3.63) is 23.8 Å². The van der Waals surface area contributed by atoms with Crippen molar-refractivity contribution in [2.45, 2.75) is 32.6 Å². The zero-order chi connectivity index (χ0) is 8.10. The predicted molar refractivity (Wildman–Crippen MR) is 46.4 cm³/mol. The van der Waals surface area contributed by atoms with Gasteiger partial charge in [0.15, 0.2) is 5.78 Å². The summed E-state index contributed by atoms with van der Waals surface area (Å²) in [6.07, 6.45) is 9.86. The number of hydrogen-bond donors (Lipinski definition) is 0. The molecule has 0 aromatic rings. The molecule has 0 heterocycles. The molecule has 0 aliphatic heterocycles. The van der Waals surface area contributed by atoms with Crippen molar-refractivity contribution < 1.29 is 4.79 Å². The molecule has 1 rings (SSSR count). The van der Waals surface area contributed by atoms with Crippen LogP contribution >= 0.6 is 0 Å². The Hall–Kier alpha value is -0.850. The molecule has 0 N–H and O–H groups in total. The van der Waals surface area contributed by atoms with E-state index in [4.69, 9.17) is 0 Å². The number of allylic oxidation sites excluding steroid dienone is 4. The van der Waals surface area contributed by atoms with Crippen LogP contribution in [0.3, 0.4) is 0 Å². The van der Waals surface area contributed by atoms with Crippen LogP contribution in [-0.2, 0) is 4.79 Å². The van der Waals surface area contributed by atoms with Crippen LogP contribution in [-0.4, -0.2) is 5.78 Å². The number of Topliss-reactive ketones (excluding diaryl/α,β-unsaturated/α-hetero) is 1. The highest BCUT2D eigenvalue weighted by Crippen LogP contribution is 2.14. The minimum atomic E-state index is 0.306. The maximum absolute atomic E-state index is 11.2. The molecule has 1 heteroatoms. The molecule has 0 spiro atoms. The zero-order valence-corrected chi connectivity index (χ0v) is 6.97. The van der Waals surface area contributed by atoms with E-state index in [0.29, 0.717) is 5.78 Å². The topological polar surface area (TPSA) is 17.1 Å². The number of carbonyl (C=O) groups is 1. The molecular formula is C10H14O. The summed E-state index contributed by atoms with van der Waals surface area (Å²) in [4.78, 5) is 11.2. The smallest absolute Gasteiger partial charge is 0.162 e. The van der Waals surface area contributed by atoms with Gasteiger partial charge in [0.25, 0.3) is 0 Å². The highest BCUT2D eigenvalue weighted by atomic mass is 16.1. The maximum atomic E-state index is 11.2. The molecule has 0 aromatic carbocycles. The molecule has 0 radical (unpaired) electrons. The van der Waals surface area contributed by atoms with Crippen LogP contribution < -0.4 is 0 Å². The molecule has 60 valence electrons. The molecule has 0 aromatic heterocycles. The lowest BCUT2D eigenvalue weighted by molar-refractivity contribution is -0.115. The molecule has 1 aliphatic carbocycles. The number of carbonyl (C=O) groups excluding carboxylic acids is 1. The van der Waals surface area contributed by atoms with Crippen LogP contribution in [0.25, 0.3) is 0 Å². The third-order valence-corrected chi connectivity index (χ3v) is 1.83. The van der Waals surface area contributed by atoms with Crippen molar-refractivity contribution >= 4 is 5.78 Å². The van der Waals surface area contributed by atoms with Gasteiger partial charge in [0.2, 0.25) is 0 Å². The Labute approximate surface area is 67.8 Å². The number of rotatable bonds is 2. The fourth-order valence-electron chi connectivity index (χ4n) is 1.18. The average molecular weight is 150 g/mol. The van der Waals surface area contributed by atoms with E-state index in [9.17, 15) is 4.79 Å². The molecule has 11 heavy (non-hydrogen) atoms. The second-order valence-electron chi connectivity index (χ2n) is 2.79. The molecule has 0 bridgehead atoms. The second-order valence-corrected chi connectivity index (χ2v) is 2.79. The van der Waals surface area contributed by atoms with Crippen molar-refractivity contribution in [1.29, 1.82) is 0 Å². The highest BCUT2D eigenvalue weighted by molar-refractivity contribution is 5.98. The standard InChI is InChI=1S/C10H14O/c1-2-3-6-9-7-4-5-8-10(9)11/h3,6-7H,2,4-5,8H2,1H3/b6-3+. The first-order chi connectivity index (χ1) is 5.34. The normalized spacial score (nSPS) is 19.0. The average Bonchev–Trinajstić information content (AvgIpc) is 2.03. The highest BCUT2D eigenvalue weighted by Gasteiger charge is 2.09. The van der Waals surface area contributed by atoms with Gasteiger partial charge in [-0.2, -0.15) is 0 Å². The lowest BCUT2D eigenvalue weighted by Crippen LogP contribution is -2.04. The summed E-state index contributed by atoms with van der Waals surface area (Å²) in [6, 6.07) is 0. The van der Waals surface area contributed by atoms with E-state index >= 15 is 0 Å². The molecule has 0 fully saturated rings. The van der Waals surface area contributed by atoms with Gasteiger partial charge in [-0.3, -0.25) is 4.79 Å². The minimum Gasteiger partial charge on any atom is -0.294 e. The predicted octanol–water partition coefficient (Wildman–Crippen LogP) is 2.63. The third-order valence-electron chi connectivity index (χ3n) is 1.83. The molecule has 1 aliphatic rings. The zero-order valence-electron chi connectivity index (χ0n) is 6.97. The Balaban J connectivity index is 2.61. The molecule has 0 saturated carbocycles. The lowest BCUT2D eigenvalue weighted by atomic mass is 9.98. The van der Waals surface area contributed by atoms with Crippen LogP contribution in [0, 0.1) is 0 Å². The number of hydrogen-bond acceptors (Lipinski definition) is 1. The van der Waals surface area contributed by atoms with Crippen LogP contribution in [0.15, 0.2) is 23.8 Å². The quantitative estimate of drug-likeness (QED) is 0.591. The minimum absolute atomic E-state index is 0.306. The van der Waals surface area contributed by atoms with Crippen molar-refractivity contribution in [2.24, 2.45) is 0 Å². The summed E-state index contributed by atoms with van der Waals surface area (Å²) in [5.41, 5.74) is 0.915. The Morgan fingerprint density at radius 1 is 1.64 bits per heavy atom. The number of ketones is 1. The summed E-state index contributed by atoms with van der Waals surface area (Å²) in [7, 11) is 0. The van der Waals surface area contributed by atoms with E-state index in [2.05, 4.69) is 6.92 Å². The monoisotopic (exact) mass is 150 g/mol. The molecule has 1 nitrogen and oxygen atoms in total. The van der Waals surface area contributed by atoms with Crippen LogP contribution in [0.1, 0.15) is 32.6 Å². The fraction of sp³-hybridized carbons (Fsp3) is 0.500. The molecule has 0 atom stereocenters. The van der Waals surface area contributed by atoms with Gasteiger partial charge in [0, 0.05) is 12.0 Å². The van der Waals surface area contributed by atoms with Crippen molar-refractivity contribution in [3.63, 3.8) is 0 Å². The first-order valence-electron chi connectivity index (χ1n) is 4.24. The SMILES string of the molecule is CC/C=C/C1=CCCCC1=O. The van der Waals surface area contributed by atoms with Gasteiger partial charge in [0.1, 0.15) is 0 Å². The Morgan fingerprint density at radius 3 is 3.09 bits per heavy atom. The maximum Gasteiger partial charge on any atom is 0.162 e. The van der Waals surface area contributed by atoms with Gasteiger partial charge >= 0.3 is 0 Å². The van der Waals surface area contributed by atoms with Crippen LogP contribution in [0.4, 0.5) is 0 Å². The van der Waals surface area contributed by atoms with E-state index in [1.807, 2.05) is 18.2 Å². The van der Waals surface area contributed by atoms with E-state index in [0.717, 1.165) is 31.3 Å². The van der Waals surface area contributed by atoms with Crippen molar-refractivity contribution in [1.82, 2.24) is 0 Å². The molecule has 0 unspecified atom stereocenters. The van der Waals surface area contributed by atoms with Gasteiger partial charge in [-0.15, -0.1) is 0 Å². The van der Waals surface area contributed by atoms with Gasteiger partial charge in [0.05, 0.1) is 0 Å². The first kappa shape index (κ1) is 8.25. The Bertz CT molecular complexity index is 199. The summed E-state index contributed by atoms with van der Waals surface area (Å²) >= 11 is 0. The summed E-state index contributed by atoms with van der Waals surface area (Å²) < 4.78 is 0. The van der Waals surface area contributed by atoms with Gasteiger partial charge in [-0.25, -0.2) is 0 Å². The Morgan fingerprint density at radius 2 is 2.45 bits per heavy atom. The fourth-order valence-corrected chi connectivity index (χ4v) is 1.18. The van der Waals surface area contributed by atoms with E-state index in [-0.39, 0.29) is 0 Å². The third kappa shape index (κ3) is 2.34.